The first-order valence-electron chi connectivity index (χ1n) is 10.3. The Labute approximate surface area is 218 Å². The molecule has 3 aromatic rings. The number of rotatable bonds is 6. The third-order valence-corrected chi connectivity index (χ3v) is 6.29. The van der Waals surface area contributed by atoms with Crippen LogP contribution in [0.4, 0.5) is 15.8 Å². The topological polar surface area (TPSA) is 81.8 Å². The minimum Gasteiger partial charge on any atom is -0.326 e. The molecule has 35 heavy (non-hydrogen) atoms. The Hall–Kier alpha value is -3.34. The number of thiocarbonyl (C=S) groups is 1. The largest absolute Gasteiger partial charge is 0.326 e. The highest BCUT2D eigenvalue weighted by atomic mass is 79.9. The molecule has 1 aliphatic rings. The molecular weight excluding hydrogens is 559 g/mol. The molecule has 1 unspecified atom stereocenters. The van der Waals surface area contributed by atoms with Crippen LogP contribution in [-0.2, 0) is 9.59 Å². The van der Waals surface area contributed by atoms with Crippen LogP contribution >= 0.6 is 39.7 Å². The van der Waals surface area contributed by atoms with Crippen molar-refractivity contribution in [3.8, 4) is 0 Å². The van der Waals surface area contributed by atoms with Gasteiger partial charge < -0.3 is 5.32 Å². The zero-order chi connectivity index (χ0) is 25.1. The van der Waals surface area contributed by atoms with E-state index in [9.17, 15) is 18.8 Å². The number of amides is 3. The number of hydrogen-bond acceptors (Lipinski definition) is 4. The summed E-state index contributed by atoms with van der Waals surface area (Å²) in [4.78, 5) is 40.2. The molecule has 4 rings (SSSR count). The number of anilines is 2. The van der Waals surface area contributed by atoms with Crippen LogP contribution in [0.5, 0.6) is 0 Å². The summed E-state index contributed by atoms with van der Waals surface area (Å²) in [6, 6.07) is 17.1. The smallest absolute Gasteiger partial charge is 0.269 e. The van der Waals surface area contributed by atoms with Gasteiger partial charge in [-0.1, -0.05) is 27.5 Å². The summed E-state index contributed by atoms with van der Waals surface area (Å²) in [5.41, 5.74) is 3.77. The first-order chi connectivity index (χ1) is 16.7. The minimum atomic E-state index is -1.13. The van der Waals surface area contributed by atoms with Gasteiger partial charge in [0.05, 0.1) is 12.1 Å². The molecule has 1 fully saturated rings. The van der Waals surface area contributed by atoms with Crippen molar-refractivity contribution in [2.24, 2.45) is 0 Å². The fourth-order valence-corrected chi connectivity index (χ4v) is 4.18. The summed E-state index contributed by atoms with van der Waals surface area (Å²) in [5, 5.41) is 4.35. The van der Waals surface area contributed by atoms with Crippen LogP contribution in [0, 0.1) is 5.82 Å². The minimum absolute atomic E-state index is 0.0450. The van der Waals surface area contributed by atoms with Crippen molar-refractivity contribution in [1.29, 1.82) is 0 Å². The number of hydrogen-bond donors (Lipinski definition) is 2. The van der Waals surface area contributed by atoms with Gasteiger partial charge in [0.15, 0.2) is 0 Å². The van der Waals surface area contributed by atoms with E-state index in [2.05, 4.69) is 26.7 Å². The fraction of sp³-hybridized carbons (Fsp3) is 0.0833. The first kappa shape index (κ1) is 24.8. The number of carbonyl (C=O) groups excluding carboxylic acids is 3. The van der Waals surface area contributed by atoms with Crippen LogP contribution in [0.25, 0.3) is 0 Å². The maximum absolute atomic E-state index is 13.4. The highest BCUT2D eigenvalue weighted by molar-refractivity contribution is 9.10. The zero-order valence-corrected chi connectivity index (χ0v) is 21.0. The Bertz CT molecular complexity index is 1290. The highest BCUT2D eigenvalue weighted by Crippen LogP contribution is 2.27. The van der Waals surface area contributed by atoms with Crippen LogP contribution in [0.3, 0.4) is 0 Å². The molecule has 178 valence electrons. The summed E-state index contributed by atoms with van der Waals surface area (Å²) >= 11 is 14.7. The lowest BCUT2D eigenvalue weighted by molar-refractivity contribution is -0.124. The number of nitrogens with zero attached hydrogens (tertiary/aromatic N) is 2. The van der Waals surface area contributed by atoms with Gasteiger partial charge in [-0.3, -0.25) is 24.7 Å². The lowest BCUT2D eigenvalue weighted by Gasteiger charge is -2.24. The average molecular weight is 576 g/mol. The molecule has 3 amide bonds. The fourth-order valence-electron chi connectivity index (χ4n) is 3.42. The van der Waals surface area contributed by atoms with Crippen molar-refractivity contribution >= 4 is 74.0 Å². The van der Waals surface area contributed by atoms with Gasteiger partial charge in [-0.05, 0) is 85.0 Å². The number of halogens is 3. The molecule has 0 bridgehead atoms. The van der Waals surface area contributed by atoms with Gasteiger partial charge in [-0.2, -0.15) is 0 Å². The van der Waals surface area contributed by atoms with Crippen LogP contribution in [0.2, 0.25) is 5.02 Å². The first-order valence-corrected chi connectivity index (χ1v) is 11.9. The molecule has 3 aromatic carbocycles. The quantitative estimate of drug-likeness (QED) is 0.408. The van der Waals surface area contributed by atoms with Crippen molar-refractivity contribution in [3.05, 3.63) is 93.7 Å². The summed E-state index contributed by atoms with van der Waals surface area (Å²) in [5.74, 6) is -2.01. The lowest BCUT2D eigenvalue weighted by atomic mass is 10.1. The Morgan fingerprint density at radius 2 is 1.63 bits per heavy atom. The van der Waals surface area contributed by atoms with Crippen molar-refractivity contribution in [3.63, 3.8) is 0 Å². The molecule has 11 heteroatoms. The van der Waals surface area contributed by atoms with E-state index in [1.807, 2.05) is 0 Å². The third kappa shape index (κ3) is 5.67. The second kappa shape index (κ2) is 10.5. The molecule has 0 aliphatic carbocycles. The molecule has 0 radical (unpaired) electrons. The van der Waals surface area contributed by atoms with E-state index in [4.69, 9.17) is 23.8 Å². The number of carbonyl (C=O) groups is 3. The monoisotopic (exact) mass is 574 g/mol. The van der Waals surface area contributed by atoms with Gasteiger partial charge in [0.2, 0.25) is 11.0 Å². The third-order valence-electron chi connectivity index (χ3n) is 5.13. The van der Waals surface area contributed by atoms with E-state index in [-0.39, 0.29) is 11.5 Å². The van der Waals surface area contributed by atoms with Crippen LogP contribution in [0.1, 0.15) is 16.8 Å². The predicted octanol–water partition coefficient (Wildman–Crippen LogP) is 4.92. The highest BCUT2D eigenvalue weighted by Gasteiger charge is 2.45. The van der Waals surface area contributed by atoms with E-state index < -0.39 is 29.6 Å². The van der Waals surface area contributed by atoms with Crippen molar-refractivity contribution in [1.82, 2.24) is 10.4 Å². The van der Waals surface area contributed by atoms with Crippen LogP contribution in [0.15, 0.2) is 77.3 Å². The van der Waals surface area contributed by atoms with Gasteiger partial charge >= 0.3 is 0 Å². The molecule has 1 saturated heterocycles. The van der Waals surface area contributed by atoms with Crippen LogP contribution < -0.4 is 15.6 Å². The Kier molecular flexibility index (Phi) is 7.44. The van der Waals surface area contributed by atoms with E-state index in [1.165, 1.54) is 29.3 Å². The van der Waals surface area contributed by atoms with E-state index in [1.54, 1.807) is 48.5 Å². The Balaban J connectivity index is 1.59. The average Bonchev–Trinajstić information content (AvgIpc) is 3.05. The van der Waals surface area contributed by atoms with Gasteiger partial charge in [0.25, 0.3) is 11.8 Å². The number of hydrazine groups is 1. The second-order valence-electron chi connectivity index (χ2n) is 7.53. The summed E-state index contributed by atoms with van der Waals surface area (Å²) < 4.78 is 14.2. The molecule has 1 heterocycles. The Morgan fingerprint density at radius 1 is 1.00 bits per heavy atom. The predicted molar refractivity (Wildman–Crippen MR) is 138 cm³/mol. The van der Waals surface area contributed by atoms with E-state index >= 15 is 0 Å². The molecule has 7 nitrogen and oxygen atoms in total. The van der Waals surface area contributed by atoms with Crippen molar-refractivity contribution in [2.45, 2.75) is 12.5 Å². The molecule has 0 saturated carbocycles. The molecular formula is C24H17BrClFN4O3S. The lowest BCUT2D eigenvalue weighted by Crippen LogP contribution is -2.49. The number of benzene rings is 3. The SMILES string of the molecule is O=C(CC1C(=O)N(c2ccc(F)cc2)C(=S)N1NC(=O)c1ccc(Br)cc1)Nc1ccc(Cl)cc1. The zero-order valence-electron chi connectivity index (χ0n) is 17.9. The summed E-state index contributed by atoms with van der Waals surface area (Å²) in [7, 11) is 0. The number of nitrogens with one attached hydrogen (secondary N) is 2. The maximum Gasteiger partial charge on any atom is 0.269 e. The van der Waals surface area contributed by atoms with E-state index in [0.717, 1.165) is 9.37 Å². The normalized spacial score (nSPS) is 15.3. The molecule has 1 atom stereocenters. The Morgan fingerprint density at radius 3 is 2.26 bits per heavy atom. The molecule has 1 aliphatic heterocycles. The second-order valence-corrected chi connectivity index (χ2v) is 9.24. The molecule has 0 aromatic heterocycles. The van der Waals surface area contributed by atoms with Crippen molar-refractivity contribution in [2.75, 3.05) is 10.2 Å². The van der Waals surface area contributed by atoms with Crippen LogP contribution in [-0.4, -0.2) is 33.9 Å². The van der Waals surface area contributed by atoms with Gasteiger partial charge in [-0.15, -0.1) is 0 Å². The standard InChI is InChI=1S/C24H17BrClFN4O3S/c25-15-3-1-14(2-4-15)22(33)29-31-20(13-21(32)28-18-9-5-16(26)6-10-18)23(34)30(24(31)35)19-11-7-17(27)8-12-19/h1-12,20H,13H2,(H,28,32)(H,29,33). The molecule has 0 spiro atoms. The maximum atomic E-state index is 13.4. The summed E-state index contributed by atoms with van der Waals surface area (Å²) in [6.45, 7) is 0. The van der Waals surface area contributed by atoms with E-state index in [0.29, 0.717) is 22.0 Å². The van der Waals surface area contributed by atoms with Crippen molar-refractivity contribution < 1.29 is 18.8 Å². The van der Waals surface area contributed by atoms with Gasteiger partial charge in [0, 0.05) is 20.7 Å². The molecule has 2 N–H and O–H groups in total. The van der Waals surface area contributed by atoms with Gasteiger partial charge in [0.1, 0.15) is 11.9 Å². The summed E-state index contributed by atoms with van der Waals surface area (Å²) in [6.07, 6.45) is -0.306. The van der Waals surface area contributed by atoms with Gasteiger partial charge in [-0.25, -0.2) is 9.40 Å².